The van der Waals surface area contributed by atoms with Crippen LogP contribution in [0, 0.1) is 11.6 Å². The average molecular weight is 318 g/mol. The molecule has 0 spiro atoms. The Kier molecular flexibility index (Phi) is 3.54. The Morgan fingerprint density at radius 1 is 1.18 bits per heavy atom. The summed E-state index contributed by atoms with van der Waals surface area (Å²) in [5.41, 5.74) is 0.529. The Labute approximate surface area is 108 Å². The standard InChI is InChI=1S/C11H6BrF2NOS/c12-10-1-6(5-17-10)11(16)15-9-3-7(13)2-8(14)4-9/h1-5H,(H,15,16). The Morgan fingerprint density at radius 2 is 1.82 bits per heavy atom. The maximum absolute atomic E-state index is 12.9. The van der Waals surface area contributed by atoms with E-state index < -0.39 is 17.5 Å². The van der Waals surface area contributed by atoms with Gasteiger partial charge >= 0.3 is 0 Å². The summed E-state index contributed by atoms with van der Waals surface area (Å²) in [7, 11) is 0. The fourth-order valence-corrected chi connectivity index (χ4v) is 2.40. The van der Waals surface area contributed by atoms with Gasteiger partial charge in [0.25, 0.3) is 5.91 Å². The van der Waals surface area contributed by atoms with Gasteiger partial charge in [0.1, 0.15) is 11.6 Å². The molecular weight excluding hydrogens is 312 g/mol. The molecule has 1 N–H and O–H groups in total. The lowest BCUT2D eigenvalue weighted by Crippen LogP contribution is -2.11. The number of hydrogen-bond donors (Lipinski definition) is 1. The van der Waals surface area contributed by atoms with Gasteiger partial charge in [-0.2, -0.15) is 0 Å². The smallest absolute Gasteiger partial charge is 0.256 e. The highest BCUT2D eigenvalue weighted by molar-refractivity contribution is 9.11. The first-order chi connectivity index (χ1) is 8.04. The highest BCUT2D eigenvalue weighted by Crippen LogP contribution is 2.22. The minimum atomic E-state index is -0.730. The summed E-state index contributed by atoms with van der Waals surface area (Å²) in [6.07, 6.45) is 0. The average Bonchev–Trinajstić information content (AvgIpc) is 2.63. The van der Waals surface area contributed by atoms with Crippen LogP contribution in [0.2, 0.25) is 0 Å². The number of amides is 1. The number of anilines is 1. The van der Waals surface area contributed by atoms with Crippen molar-refractivity contribution >= 4 is 38.9 Å². The molecular formula is C11H6BrF2NOS. The Bertz CT molecular complexity index is 550. The molecule has 88 valence electrons. The fraction of sp³-hybridized carbons (Fsp3) is 0. The summed E-state index contributed by atoms with van der Waals surface area (Å²) in [5, 5.41) is 4.07. The van der Waals surface area contributed by atoms with Gasteiger partial charge < -0.3 is 5.32 Å². The van der Waals surface area contributed by atoms with E-state index in [4.69, 9.17) is 0 Å². The second-order valence-corrected chi connectivity index (χ2v) is 5.54. The number of carbonyl (C=O) groups is 1. The molecule has 2 aromatic rings. The molecule has 0 saturated carbocycles. The van der Waals surface area contributed by atoms with Crippen LogP contribution in [0.4, 0.5) is 14.5 Å². The SMILES string of the molecule is O=C(Nc1cc(F)cc(F)c1)c1csc(Br)c1. The van der Waals surface area contributed by atoms with Crippen molar-refractivity contribution in [2.45, 2.75) is 0 Å². The summed E-state index contributed by atoms with van der Waals surface area (Å²) in [6.45, 7) is 0. The van der Waals surface area contributed by atoms with Crippen LogP contribution in [0.3, 0.4) is 0 Å². The molecule has 2 rings (SSSR count). The number of halogens is 3. The molecule has 1 amide bonds. The minimum Gasteiger partial charge on any atom is -0.322 e. The van der Waals surface area contributed by atoms with E-state index in [0.717, 1.165) is 22.0 Å². The van der Waals surface area contributed by atoms with Crippen LogP contribution in [-0.2, 0) is 0 Å². The van der Waals surface area contributed by atoms with Crippen molar-refractivity contribution in [2.75, 3.05) is 5.32 Å². The van der Waals surface area contributed by atoms with E-state index in [9.17, 15) is 13.6 Å². The first kappa shape index (κ1) is 12.2. The Hall–Kier alpha value is -1.27. The first-order valence-electron chi connectivity index (χ1n) is 4.56. The van der Waals surface area contributed by atoms with Crippen LogP contribution in [-0.4, -0.2) is 5.91 Å². The molecule has 0 aliphatic rings. The predicted molar refractivity (Wildman–Crippen MR) is 66.3 cm³/mol. The molecule has 0 atom stereocenters. The summed E-state index contributed by atoms with van der Waals surface area (Å²) in [6, 6.07) is 4.50. The first-order valence-corrected chi connectivity index (χ1v) is 6.23. The monoisotopic (exact) mass is 317 g/mol. The van der Waals surface area contributed by atoms with E-state index in [2.05, 4.69) is 21.2 Å². The zero-order valence-corrected chi connectivity index (χ0v) is 10.7. The van der Waals surface area contributed by atoms with Crippen molar-refractivity contribution in [3.8, 4) is 0 Å². The summed E-state index contributed by atoms with van der Waals surface area (Å²) in [5.74, 6) is -1.87. The quantitative estimate of drug-likeness (QED) is 0.889. The molecule has 1 aromatic heterocycles. The summed E-state index contributed by atoms with van der Waals surface area (Å²) in [4.78, 5) is 11.7. The highest BCUT2D eigenvalue weighted by Gasteiger charge is 2.09. The lowest BCUT2D eigenvalue weighted by atomic mass is 10.2. The minimum absolute atomic E-state index is 0.0924. The van der Waals surface area contributed by atoms with Crippen LogP contribution in [0.25, 0.3) is 0 Å². The third-order valence-electron chi connectivity index (χ3n) is 1.95. The van der Waals surface area contributed by atoms with Crippen molar-refractivity contribution in [3.05, 3.63) is 50.6 Å². The number of nitrogens with one attached hydrogen (secondary N) is 1. The molecule has 17 heavy (non-hydrogen) atoms. The second-order valence-electron chi connectivity index (χ2n) is 3.25. The van der Waals surface area contributed by atoms with Gasteiger partial charge in [-0.1, -0.05) is 0 Å². The third kappa shape index (κ3) is 3.10. The normalized spacial score (nSPS) is 10.3. The number of benzene rings is 1. The summed E-state index contributed by atoms with van der Waals surface area (Å²) >= 11 is 4.58. The summed E-state index contributed by atoms with van der Waals surface area (Å²) < 4.78 is 26.6. The van der Waals surface area contributed by atoms with Crippen LogP contribution in [0.5, 0.6) is 0 Å². The van der Waals surface area contributed by atoms with Crippen molar-refractivity contribution in [3.63, 3.8) is 0 Å². The molecule has 0 fully saturated rings. The van der Waals surface area contributed by atoms with Crippen LogP contribution < -0.4 is 5.32 Å². The molecule has 6 heteroatoms. The van der Waals surface area contributed by atoms with E-state index in [-0.39, 0.29) is 5.69 Å². The number of carbonyl (C=O) groups excluding carboxylic acids is 1. The van der Waals surface area contributed by atoms with Crippen LogP contribution in [0.15, 0.2) is 33.4 Å². The third-order valence-corrected chi connectivity index (χ3v) is 3.45. The molecule has 0 unspecified atom stereocenters. The highest BCUT2D eigenvalue weighted by atomic mass is 79.9. The second kappa shape index (κ2) is 4.93. The van der Waals surface area contributed by atoms with Crippen molar-refractivity contribution in [1.29, 1.82) is 0 Å². The predicted octanol–water partition coefficient (Wildman–Crippen LogP) is 4.04. The van der Waals surface area contributed by atoms with E-state index >= 15 is 0 Å². The number of rotatable bonds is 2. The van der Waals surface area contributed by atoms with E-state index in [1.807, 2.05) is 0 Å². The van der Waals surface area contributed by atoms with Crippen LogP contribution >= 0.6 is 27.3 Å². The van der Waals surface area contributed by atoms with Gasteiger partial charge in [0.2, 0.25) is 0 Å². The van der Waals surface area contributed by atoms with Gasteiger partial charge in [-0.05, 0) is 34.1 Å². The fourth-order valence-electron chi connectivity index (χ4n) is 1.26. The van der Waals surface area contributed by atoms with Crippen molar-refractivity contribution in [2.24, 2.45) is 0 Å². The molecule has 0 bridgehead atoms. The molecule has 1 aromatic carbocycles. The van der Waals surface area contributed by atoms with E-state index in [1.165, 1.54) is 11.3 Å². The maximum atomic E-state index is 12.9. The van der Waals surface area contributed by atoms with Crippen molar-refractivity contribution in [1.82, 2.24) is 0 Å². The van der Waals surface area contributed by atoms with E-state index in [1.54, 1.807) is 11.4 Å². The maximum Gasteiger partial charge on any atom is 0.256 e. The topological polar surface area (TPSA) is 29.1 Å². The van der Waals surface area contributed by atoms with E-state index in [0.29, 0.717) is 5.56 Å². The molecule has 0 aliphatic heterocycles. The van der Waals surface area contributed by atoms with Gasteiger partial charge in [-0.25, -0.2) is 8.78 Å². The Morgan fingerprint density at radius 3 is 2.35 bits per heavy atom. The van der Waals surface area contributed by atoms with Crippen LogP contribution in [0.1, 0.15) is 10.4 Å². The lowest BCUT2D eigenvalue weighted by molar-refractivity contribution is 0.102. The molecule has 2 nitrogen and oxygen atoms in total. The molecule has 0 radical (unpaired) electrons. The van der Waals surface area contributed by atoms with Gasteiger partial charge in [0.15, 0.2) is 0 Å². The zero-order chi connectivity index (χ0) is 12.4. The molecule has 0 saturated heterocycles. The van der Waals surface area contributed by atoms with Crippen molar-refractivity contribution < 1.29 is 13.6 Å². The van der Waals surface area contributed by atoms with Gasteiger partial charge in [-0.3, -0.25) is 4.79 Å². The van der Waals surface area contributed by atoms with Gasteiger partial charge in [-0.15, -0.1) is 11.3 Å². The van der Waals surface area contributed by atoms with Gasteiger partial charge in [0.05, 0.1) is 9.35 Å². The molecule has 1 heterocycles. The van der Waals surface area contributed by atoms with Gasteiger partial charge in [0, 0.05) is 17.1 Å². The number of thiophene rings is 1. The Balaban J connectivity index is 2.18. The molecule has 0 aliphatic carbocycles. The zero-order valence-electron chi connectivity index (χ0n) is 8.34. The largest absolute Gasteiger partial charge is 0.322 e. The number of hydrogen-bond acceptors (Lipinski definition) is 2. The lowest BCUT2D eigenvalue weighted by Gasteiger charge is -2.03.